The lowest BCUT2D eigenvalue weighted by molar-refractivity contribution is -0.385. The number of benzene rings is 1. The van der Waals surface area contributed by atoms with Gasteiger partial charge in [-0.2, -0.15) is 0 Å². The molecule has 2 heterocycles. The number of hydrogen-bond donors (Lipinski definition) is 1. The van der Waals surface area contributed by atoms with Gasteiger partial charge in [0.25, 0.3) is 5.69 Å². The Morgan fingerprint density at radius 3 is 2.55 bits per heavy atom. The van der Waals surface area contributed by atoms with Crippen molar-refractivity contribution in [3.63, 3.8) is 0 Å². The molecule has 3 aromatic rings. The van der Waals surface area contributed by atoms with Crippen LogP contribution in [-0.2, 0) is 0 Å². The summed E-state index contributed by atoms with van der Waals surface area (Å²) in [5, 5.41) is 16.8. The lowest BCUT2D eigenvalue weighted by Gasteiger charge is -2.17. The van der Waals surface area contributed by atoms with Crippen molar-refractivity contribution in [3.05, 3.63) is 80.9 Å². The fourth-order valence-corrected chi connectivity index (χ4v) is 2.75. The molecular formula is C15H12N4O2S. The van der Waals surface area contributed by atoms with Crippen molar-refractivity contribution in [1.29, 1.82) is 0 Å². The molecule has 0 spiro atoms. The maximum absolute atomic E-state index is 10.7. The van der Waals surface area contributed by atoms with Crippen LogP contribution in [0.5, 0.6) is 0 Å². The van der Waals surface area contributed by atoms with Gasteiger partial charge in [-0.15, -0.1) is 11.3 Å². The molecule has 1 N–H and O–H groups in total. The maximum atomic E-state index is 10.7. The van der Waals surface area contributed by atoms with E-state index in [2.05, 4.69) is 15.3 Å². The van der Waals surface area contributed by atoms with Gasteiger partial charge in [0, 0.05) is 17.6 Å². The summed E-state index contributed by atoms with van der Waals surface area (Å²) < 4.78 is 0. The summed E-state index contributed by atoms with van der Waals surface area (Å²) in [7, 11) is 0. The Morgan fingerprint density at radius 1 is 1.14 bits per heavy atom. The van der Waals surface area contributed by atoms with Gasteiger partial charge in [0.15, 0.2) is 0 Å². The quantitative estimate of drug-likeness (QED) is 0.574. The van der Waals surface area contributed by atoms with E-state index in [4.69, 9.17) is 0 Å². The molecule has 3 rings (SSSR count). The summed E-state index contributed by atoms with van der Waals surface area (Å²) in [4.78, 5) is 18.7. The summed E-state index contributed by atoms with van der Waals surface area (Å²) in [6.45, 7) is 0. The van der Waals surface area contributed by atoms with E-state index >= 15 is 0 Å². The van der Waals surface area contributed by atoms with Crippen LogP contribution in [0.4, 0.5) is 11.5 Å². The molecule has 0 radical (unpaired) electrons. The molecule has 7 heteroatoms. The van der Waals surface area contributed by atoms with E-state index in [0.717, 1.165) is 10.6 Å². The van der Waals surface area contributed by atoms with E-state index in [1.807, 2.05) is 35.7 Å². The largest absolute Gasteiger partial charge is 0.357 e. The second-order valence-electron chi connectivity index (χ2n) is 4.52. The minimum absolute atomic E-state index is 0.0314. The van der Waals surface area contributed by atoms with Crippen LogP contribution in [0.2, 0.25) is 0 Å². The Hall–Kier alpha value is -2.80. The van der Waals surface area contributed by atoms with Crippen molar-refractivity contribution in [1.82, 2.24) is 9.97 Å². The van der Waals surface area contributed by atoms with Crippen molar-refractivity contribution in [2.45, 2.75) is 6.04 Å². The molecule has 22 heavy (non-hydrogen) atoms. The predicted molar refractivity (Wildman–Crippen MR) is 84.9 cm³/mol. The molecule has 0 saturated heterocycles. The number of nitro groups is 1. The van der Waals surface area contributed by atoms with Crippen molar-refractivity contribution in [2.24, 2.45) is 0 Å². The van der Waals surface area contributed by atoms with Gasteiger partial charge < -0.3 is 5.32 Å². The molecule has 0 aliphatic heterocycles. The Kier molecular flexibility index (Phi) is 4.06. The Balaban J connectivity index is 1.89. The Labute approximate surface area is 130 Å². The SMILES string of the molecule is O=[N+]([O-])c1ccc(NC(c2ccccc2)c2nccs2)nc1. The van der Waals surface area contributed by atoms with Crippen LogP contribution >= 0.6 is 11.3 Å². The van der Waals surface area contributed by atoms with Gasteiger partial charge in [-0.25, -0.2) is 9.97 Å². The van der Waals surface area contributed by atoms with Crippen LogP contribution in [0, 0.1) is 10.1 Å². The number of nitrogens with one attached hydrogen (secondary N) is 1. The number of aromatic nitrogens is 2. The van der Waals surface area contributed by atoms with Crippen LogP contribution in [-0.4, -0.2) is 14.9 Å². The Morgan fingerprint density at radius 2 is 1.95 bits per heavy atom. The number of hydrogen-bond acceptors (Lipinski definition) is 6. The predicted octanol–water partition coefficient (Wildman–Crippen LogP) is 3.65. The summed E-state index contributed by atoms with van der Waals surface area (Å²) >= 11 is 1.54. The first-order valence-corrected chi connectivity index (χ1v) is 7.43. The molecule has 1 aromatic carbocycles. The van der Waals surface area contributed by atoms with Gasteiger partial charge in [0.05, 0.1) is 4.92 Å². The van der Waals surface area contributed by atoms with E-state index in [1.165, 1.54) is 12.3 Å². The minimum Gasteiger partial charge on any atom is -0.357 e. The number of rotatable bonds is 5. The van der Waals surface area contributed by atoms with Gasteiger partial charge in [0.2, 0.25) is 0 Å². The molecule has 1 atom stereocenters. The van der Waals surface area contributed by atoms with Crippen LogP contribution < -0.4 is 5.32 Å². The normalized spacial score (nSPS) is 11.8. The monoisotopic (exact) mass is 312 g/mol. The van der Waals surface area contributed by atoms with Crippen LogP contribution in [0.1, 0.15) is 16.6 Å². The lowest BCUT2D eigenvalue weighted by atomic mass is 10.1. The van der Waals surface area contributed by atoms with Crippen LogP contribution in [0.25, 0.3) is 0 Å². The van der Waals surface area contributed by atoms with Gasteiger partial charge in [-0.05, 0) is 11.6 Å². The zero-order valence-electron chi connectivity index (χ0n) is 11.4. The molecule has 6 nitrogen and oxygen atoms in total. The molecule has 0 saturated carbocycles. The molecule has 0 bridgehead atoms. The van der Waals surface area contributed by atoms with Crippen molar-refractivity contribution >= 4 is 22.8 Å². The summed E-state index contributed by atoms with van der Waals surface area (Å²) in [5.41, 5.74) is 1.02. The molecule has 110 valence electrons. The molecular weight excluding hydrogens is 300 g/mol. The van der Waals surface area contributed by atoms with Gasteiger partial charge >= 0.3 is 0 Å². The summed E-state index contributed by atoms with van der Waals surface area (Å²) in [6, 6.07) is 12.8. The fraction of sp³-hybridized carbons (Fsp3) is 0.0667. The van der Waals surface area contributed by atoms with E-state index in [-0.39, 0.29) is 11.7 Å². The number of pyridine rings is 1. The van der Waals surface area contributed by atoms with E-state index in [9.17, 15) is 10.1 Å². The Bertz CT molecular complexity index is 745. The molecule has 2 aromatic heterocycles. The highest BCUT2D eigenvalue weighted by atomic mass is 32.1. The van der Waals surface area contributed by atoms with E-state index in [0.29, 0.717) is 5.82 Å². The highest BCUT2D eigenvalue weighted by Crippen LogP contribution is 2.27. The first kappa shape index (κ1) is 14.2. The number of nitrogens with zero attached hydrogens (tertiary/aromatic N) is 3. The van der Waals surface area contributed by atoms with E-state index < -0.39 is 4.92 Å². The molecule has 0 fully saturated rings. The van der Waals surface area contributed by atoms with Crippen molar-refractivity contribution < 1.29 is 4.92 Å². The third-order valence-electron chi connectivity index (χ3n) is 3.08. The molecule has 0 aliphatic rings. The van der Waals surface area contributed by atoms with Crippen LogP contribution in [0.15, 0.2) is 60.2 Å². The fourth-order valence-electron chi connectivity index (χ4n) is 2.04. The second kappa shape index (κ2) is 6.31. The first-order valence-electron chi connectivity index (χ1n) is 6.55. The van der Waals surface area contributed by atoms with Gasteiger partial charge in [0.1, 0.15) is 23.1 Å². The average molecular weight is 312 g/mol. The van der Waals surface area contributed by atoms with Crippen molar-refractivity contribution in [3.8, 4) is 0 Å². The molecule has 0 aliphatic carbocycles. The third-order valence-corrected chi connectivity index (χ3v) is 3.92. The lowest BCUT2D eigenvalue weighted by Crippen LogP contribution is -2.13. The molecule has 0 amide bonds. The van der Waals surface area contributed by atoms with Gasteiger partial charge in [-0.3, -0.25) is 10.1 Å². The van der Waals surface area contributed by atoms with Crippen LogP contribution in [0.3, 0.4) is 0 Å². The average Bonchev–Trinajstić information content (AvgIpc) is 3.08. The van der Waals surface area contributed by atoms with E-state index in [1.54, 1.807) is 23.6 Å². The highest BCUT2D eigenvalue weighted by Gasteiger charge is 2.17. The zero-order chi connectivity index (χ0) is 15.4. The highest BCUT2D eigenvalue weighted by molar-refractivity contribution is 7.09. The summed E-state index contributed by atoms with van der Waals surface area (Å²) in [6.07, 6.45) is 2.99. The zero-order valence-corrected chi connectivity index (χ0v) is 12.2. The topological polar surface area (TPSA) is 81.0 Å². The first-order chi connectivity index (χ1) is 10.7. The summed E-state index contributed by atoms with van der Waals surface area (Å²) in [5.74, 6) is 0.564. The van der Waals surface area contributed by atoms with Gasteiger partial charge in [-0.1, -0.05) is 30.3 Å². The molecule has 1 unspecified atom stereocenters. The number of thiazole rings is 1. The third kappa shape index (κ3) is 3.09. The number of anilines is 1. The second-order valence-corrected chi connectivity index (χ2v) is 5.44. The van der Waals surface area contributed by atoms with Crippen molar-refractivity contribution in [2.75, 3.05) is 5.32 Å². The minimum atomic E-state index is -0.466. The smallest absolute Gasteiger partial charge is 0.287 e. The maximum Gasteiger partial charge on any atom is 0.287 e. The standard InChI is InChI=1S/C15H12N4O2S/c20-19(21)12-6-7-13(17-10-12)18-14(15-16-8-9-22-15)11-4-2-1-3-5-11/h1-10,14H,(H,17,18).